The molecule has 1 saturated heterocycles. The number of hydrogen-bond donors (Lipinski definition) is 2. The Morgan fingerprint density at radius 2 is 2.28 bits per heavy atom. The van der Waals surface area contributed by atoms with Gasteiger partial charge in [-0.25, -0.2) is 9.78 Å². The van der Waals surface area contributed by atoms with Gasteiger partial charge in [-0.2, -0.15) is 0 Å². The molecule has 1 aliphatic heterocycles. The average Bonchev–Trinajstić information content (AvgIpc) is 2.41. The highest BCUT2D eigenvalue weighted by Gasteiger charge is 2.16. The van der Waals surface area contributed by atoms with Gasteiger partial charge in [-0.1, -0.05) is 0 Å². The van der Waals surface area contributed by atoms with E-state index in [0.29, 0.717) is 23.1 Å². The highest BCUT2D eigenvalue weighted by atomic mass is 16.5. The molecule has 18 heavy (non-hydrogen) atoms. The highest BCUT2D eigenvalue weighted by Crippen LogP contribution is 2.18. The SMILES string of the molecule is COC(=O)c1cc(NC2CCOCC2)ncc1N. The molecule has 1 aromatic heterocycles. The number of nitrogens with two attached hydrogens (primary N) is 1. The molecule has 0 saturated carbocycles. The third kappa shape index (κ3) is 2.89. The smallest absolute Gasteiger partial charge is 0.340 e. The number of nitrogens with one attached hydrogen (secondary N) is 1. The number of pyridine rings is 1. The Kier molecular flexibility index (Phi) is 3.99. The summed E-state index contributed by atoms with van der Waals surface area (Å²) >= 11 is 0. The topological polar surface area (TPSA) is 86.5 Å². The van der Waals surface area contributed by atoms with Gasteiger partial charge >= 0.3 is 5.97 Å². The fraction of sp³-hybridized carbons (Fsp3) is 0.500. The molecule has 98 valence electrons. The van der Waals surface area contributed by atoms with Crippen molar-refractivity contribution in [3.05, 3.63) is 17.8 Å². The standard InChI is InChI=1S/C12H17N3O3/c1-17-12(16)9-6-11(14-7-10(9)13)15-8-2-4-18-5-3-8/h6-8H,2-5,13H2,1H3,(H,14,15). The molecule has 0 atom stereocenters. The molecular formula is C12H17N3O3. The van der Waals surface area contributed by atoms with Crippen LogP contribution in [0.3, 0.4) is 0 Å². The molecule has 0 spiro atoms. The average molecular weight is 251 g/mol. The number of rotatable bonds is 3. The summed E-state index contributed by atoms with van der Waals surface area (Å²) in [6.07, 6.45) is 3.33. The van der Waals surface area contributed by atoms with Crippen LogP contribution in [0.25, 0.3) is 0 Å². The first-order valence-electron chi connectivity index (χ1n) is 5.89. The Morgan fingerprint density at radius 3 is 2.94 bits per heavy atom. The fourth-order valence-electron chi connectivity index (χ4n) is 1.88. The molecule has 0 unspecified atom stereocenters. The van der Waals surface area contributed by atoms with Crippen LogP contribution in [-0.2, 0) is 9.47 Å². The van der Waals surface area contributed by atoms with Crippen molar-refractivity contribution in [3.8, 4) is 0 Å². The van der Waals surface area contributed by atoms with Crippen molar-refractivity contribution >= 4 is 17.5 Å². The molecule has 1 aromatic rings. The van der Waals surface area contributed by atoms with Gasteiger partial charge in [0.2, 0.25) is 0 Å². The monoisotopic (exact) mass is 251 g/mol. The van der Waals surface area contributed by atoms with Gasteiger partial charge in [0.15, 0.2) is 0 Å². The number of carbonyl (C=O) groups excluding carboxylic acids is 1. The molecule has 6 nitrogen and oxygen atoms in total. The van der Waals surface area contributed by atoms with Crippen LogP contribution in [0.4, 0.5) is 11.5 Å². The lowest BCUT2D eigenvalue weighted by molar-refractivity contribution is 0.0601. The van der Waals surface area contributed by atoms with Crippen LogP contribution in [0.1, 0.15) is 23.2 Å². The zero-order valence-corrected chi connectivity index (χ0v) is 10.3. The minimum Gasteiger partial charge on any atom is -0.465 e. The molecule has 3 N–H and O–H groups in total. The van der Waals surface area contributed by atoms with Gasteiger partial charge < -0.3 is 20.5 Å². The van der Waals surface area contributed by atoms with Crippen molar-refractivity contribution in [1.29, 1.82) is 0 Å². The van der Waals surface area contributed by atoms with E-state index in [1.807, 2.05) is 0 Å². The van der Waals surface area contributed by atoms with E-state index in [0.717, 1.165) is 26.1 Å². The number of anilines is 2. The Bertz CT molecular complexity index is 431. The van der Waals surface area contributed by atoms with Crippen LogP contribution in [0, 0.1) is 0 Å². The van der Waals surface area contributed by atoms with Crippen molar-refractivity contribution in [2.45, 2.75) is 18.9 Å². The Balaban J connectivity index is 2.11. The predicted octanol–water partition coefficient (Wildman–Crippen LogP) is 1.04. The Hall–Kier alpha value is -1.82. The number of hydrogen-bond acceptors (Lipinski definition) is 6. The summed E-state index contributed by atoms with van der Waals surface area (Å²) in [5, 5.41) is 3.27. The fourth-order valence-corrected chi connectivity index (χ4v) is 1.88. The number of nitrogens with zero attached hydrogens (tertiary/aromatic N) is 1. The van der Waals surface area contributed by atoms with Gasteiger partial charge in [0.1, 0.15) is 5.82 Å². The summed E-state index contributed by atoms with van der Waals surface area (Å²) in [6.45, 7) is 1.49. The summed E-state index contributed by atoms with van der Waals surface area (Å²) in [5.41, 5.74) is 6.34. The lowest BCUT2D eigenvalue weighted by atomic mass is 10.1. The van der Waals surface area contributed by atoms with Crippen molar-refractivity contribution in [2.75, 3.05) is 31.4 Å². The van der Waals surface area contributed by atoms with Crippen LogP contribution in [0.5, 0.6) is 0 Å². The van der Waals surface area contributed by atoms with Crippen LogP contribution >= 0.6 is 0 Å². The Labute approximate surface area is 105 Å². The maximum absolute atomic E-state index is 11.5. The summed E-state index contributed by atoms with van der Waals surface area (Å²) in [7, 11) is 1.33. The number of aromatic nitrogens is 1. The van der Waals surface area contributed by atoms with E-state index in [1.54, 1.807) is 6.07 Å². The number of nitrogen functional groups attached to an aromatic ring is 1. The van der Waals surface area contributed by atoms with Gasteiger partial charge in [-0.05, 0) is 18.9 Å². The van der Waals surface area contributed by atoms with E-state index < -0.39 is 5.97 Å². The molecule has 0 bridgehead atoms. The molecule has 0 aromatic carbocycles. The highest BCUT2D eigenvalue weighted by molar-refractivity contribution is 5.95. The third-order valence-corrected chi connectivity index (χ3v) is 2.91. The van der Waals surface area contributed by atoms with E-state index in [1.165, 1.54) is 13.3 Å². The third-order valence-electron chi connectivity index (χ3n) is 2.91. The molecule has 0 radical (unpaired) electrons. The Morgan fingerprint density at radius 1 is 1.56 bits per heavy atom. The van der Waals surface area contributed by atoms with Crippen molar-refractivity contribution in [2.24, 2.45) is 0 Å². The van der Waals surface area contributed by atoms with Gasteiger partial charge in [0, 0.05) is 19.3 Å². The number of methoxy groups -OCH3 is 1. The van der Waals surface area contributed by atoms with Gasteiger partial charge in [-0.15, -0.1) is 0 Å². The molecular weight excluding hydrogens is 234 g/mol. The zero-order valence-electron chi connectivity index (χ0n) is 10.3. The molecule has 6 heteroatoms. The summed E-state index contributed by atoms with van der Waals surface area (Å²) in [4.78, 5) is 15.7. The second-order valence-corrected chi connectivity index (χ2v) is 4.18. The minimum absolute atomic E-state index is 0.319. The first kappa shape index (κ1) is 12.6. The minimum atomic E-state index is -0.454. The van der Waals surface area contributed by atoms with E-state index in [2.05, 4.69) is 15.0 Å². The quantitative estimate of drug-likeness (QED) is 0.781. The first-order chi connectivity index (χ1) is 8.70. The van der Waals surface area contributed by atoms with Crippen molar-refractivity contribution in [3.63, 3.8) is 0 Å². The van der Waals surface area contributed by atoms with Crippen molar-refractivity contribution < 1.29 is 14.3 Å². The molecule has 2 heterocycles. The van der Waals surface area contributed by atoms with Crippen LogP contribution in [-0.4, -0.2) is 37.3 Å². The molecule has 0 aliphatic carbocycles. The summed E-state index contributed by atoms with van der Waals surface area (Å²) < 4.78 is 9.95. The maximum atomic E-state index is 11.5. The van der Waals surface area contributed by atoms with Gasteiger partial charge in [-0.3, -0.25) is 0 Å². The molecule has 0 amide bonds. The number of ether oxygens (including phenoxy) is 2. The van der Waals surface area contributed by atoms with E-state index in [-0.39, 0.29) is 0 Å². The molecule has 1 fully saturated rings. The second-order valence-electron chi connectivity index (χ2n) is 4.18. The van der Waals surface area contributed by atoms with Crippen LogP contribution < -0.4 is 11.1 Å². The van der Waals surface area contributed by atoms with Crippen molar-refractivity contribution in [1.82, 2.24) is 4.98 Å². The van der Waals surface area contributed by atoms with Gasteiger partial charge in [0.05, 0.1) is 24.6 Å². The van der Waals surface area contributed by atoms with Crippen LogP contribution in [0.2, 0.25) is 0 Å². The predicted molar refractivity (Wildman–Crippen MR) is 67.5 cm³/mol. The maximum Gasteiger partial charge on any atom is 0.340 e. The summed E-state index contributed by atoms with van der Waals surface area (Å²) in [5.74, 6) is 0.182. The summed E-state index contributed by atoms with van der Waals surface area (Å²) in [6, 6.07) is 1.94. The first-order valence-corrected chi connectivity index (χ1v) is 5.89. The number of esters is 1. The molecule has 1 aliphatic rings. The largest absolute Gasteiger partial charge is 0.465 e. The van der Waals surface area contributed by atoms with Crippen LogP contribution in [0.15, 0.2) is 12.3 Å². The number of carbonyl (C=O) groups is 1. The van der Waals surface area contributed by atoms with E-state index >= 15 is 0 Å². The lowest BCUT2D eigenvalue weighted by Gasteiger charge is -2.23. The second kappa shape index (κ2) is 5.68. The molecule has 2 rings (SSSR count). The van der Waals surface area contributed by atoms with E-state index in [4.69, 9.17) is 10.5 Å². The lowest BCUT2D eigenvalue weighted by Crippen LogP contribution is -2.28. The van der Waals surface area contributed by atoms with Gasteiger partial charge in [0.25, 0.3) is 0 Å². The zero-order chi connectivity index (χ0) is 13.0. The van der Waals surface area contributed by atoms with E-state index in [9.17, 15) is 4.79 Å². The normalized spacial score (nSPS) is 16.3.